The Morgan fingerprint density at radius 3 is 2.80 bits per heavy atom. The number of ether oxygens (including phenoxy) is 1. The molecular weight excluding hydrogens is 338 g/mol. The van der Waals surface area contributed by atoms with Crippen LogP contribution in [0.4, 0.5) is 5.69 Å². The molecule has 0 spiro atoms. The lowest BCUT2D eigenvalue weighted by atomic mass is 10.1. The van der Waals surface area contributed by atoms with Gasteiger partial charge in [0.25, 0.3) is 0 Å². The number of imidazole rings is 1. The summed E-state index contributed by atoms with van der Waals surface area (Å²) >= 11 is 1.30. The summed E-state index contributed by atoms with van der Waals surface area (Å²) < 4.78 is 5.18. The van der Waals surface area contributed by atoms with E-state index in [4.69, 9.17) is 4.74 Å². The summed E-state index contributed by atoms with van der Waals surface area (Å²) in [5.74, 6) is 0.640. The van der Waals surface area contributed by atoms with Gasteiger partial charge in [-0.1, -0.05) is 23.9 Å². The molecule has 0 fully saturated rings. The minimum absolute atomic E-state index is 0.0882. The second-order valence-electron chi connectivity index (χ2n) is 5.36. The largest absolute Gasteiger partial charge is 0.497 e. The number of ketones is 1. The first kappa shape index (κ1) is 17.0. The van der Waals surface area contributed by atoms with Crippen molar-refractivity contribution in [3.05, 3.63) is 48.0 Å². The van der Waals surface area contributed by atoms with E-state index in [9.17, 15) is 9.59 Å². The Balaban J connectivity index is 1.65. The number of carbonyl (C=O) groups excluding carboxylic acids is 2. The van der Waals surface area contributed by atoms with Crippen LogP contribution in [0.25, 0.3) is 11.0 Å². The zero-order chi connectivity index (χ0) is 17.8. The van der Waals surface area contributed by atoms with Crippen LogP contribution in [0.15, 0.2) is 47.6 Å². The lowest BCUT2D eigenvalue weighted by Crippen LogP contribution is -2.16. The average Bonchev–Trinajstić information content (AvgIpc) is 3.02. The van der Waals surface area contributed by atoms with Crippen LogP contribution in [0.5, 0.6) is 5.75 Å². The molecule has 7 heteroatoms. The Bertz CT molecular complexity index is 936. The third-order valence-corrected chi connectivity index (χ3v) is 4.46. The Morgan fingerprint density at radius 1 is 1.24 bits per heavy atom. The number of methoxy groups -OCH3 is 1. The topological polar surface area (TPSA) is 84.1 Å². The molecule has 0 atom stereocenters. The van der Waals surface area contributed by atoms with Gasteiger partial charge in [0.2, 0.25) is 5.91 Å². The Kier molecular flexibility index (Phi) is 5.04. The van der Waals surface area contributed by atoms with E-state index in [-0.39, 0.29) is 17.4 Å². The van der Waals surface area contributed by atoms with Crippen molar-refractivity contribution in [2.24, 2.45) is 0 Å². The van der Waals surface area contributed by atoms with Crippen molar-refractivity contribution in [1.82, 2.24) is 9.97 Å². The molecule has 25 heavy (non-hydrogen) atoms. The van der Waals surface area contributed by atoms with E-state index in [2.05, 4.69) is 15.3 Å². The SMILES string of the molecule is COc1ccc2nc(SCC(=O)Nc3ccccc3C(C)=O)[nH]c2c1. The number of nitrogens with one attached hydrogen (secondary N) is 2. The van der Waals surface area contributed by atoms with Gasteiger partial charge < -0.3 is 15.0 Å². The van der Waals surface area contributed by atoms with Crippen LogP contribution in [-0.2, 0) is 4.79 Å². The Labute approximate surface area is 149 Å². The predicted molar refractivity (Wildman–Crippen MR) is 98.4 cm³/mol. The summed E-state index contributed by atoms with van der Waals surface area (Å²) in [6, 6.07) is 12.5. The number of thioether (sulfide) groups is 1. The second-order valence-corrected chi connectivity index (χ2v) is 6.33. The van der Waals surface area contributed by atoms with Gasteiger partial charge in [-0.2, -0.15) is 0 Å². The minimum Gasteiger partial charge on any atom is -0.497 e. The number of H-pyrrole nitrogens is 1. The lowest BCUT2D eigenvalue weighted by molar-refractivity contribution is -0.113. The van der Waals surface area contributed by atoms with Gasteiger partial charge in [0, 0.05) is 11.6 Å². The van der Waals surface area contributed by atoms with Gasteiger partial charge in [-0.3, -0.25) is 9.59 Å². The van der Waals surface area contributed by atoms with Crippen molar-refractivity contribution < 1.29 is 14.3 Å². The quantitative estimate of drug-likeness (QED) is 0.522. The number of anilines is 1. The second kappa shape index (κ2) is 7.40. The number of para-hydroxylation sites is 1. The number of amides is 1. The highest BCUT2D eigenvalue weighted by atomic mass is 32.2. The van der Waals surface area contributed by atoms with Gasteiger partial charge in [0.1, 0.15) is 5.75 Å². The molecule has 1 heterocycles. The summed E-state index contributed by atoms with van der Waals surface area (Å²) in [6.07, 6.45) is 0. The number of benzene rings is 2. The molecular formula is C18H17N3O3S. The Hall–Kier alpha value is -2.80. The molecule has 1 amide bonds. The number of nitrogens with zero attached hydrogens (tertiary/aromatic N) is 1. The fourth-order valence-electron chi connectivity index (χ4n) is 2.38. The monoisotopic (exact) mass is 355 g/mol. The maximum atomic E-state index is 12.2. The van der Waals surface area contributed by atoms with Crippen molar-refractivity contribution in [3.63, 3.8) is 0 Å². The predicted octanol–water partition coefficient (Wildman–Crippen LogP) is 3.50. The molecule has 2 aromatic carbocycles. The van der Waals surface area contributed by atoms with Crippen LogP contribution in [0, 0.1) is 0 Å². The molecule has 0 aliphatic carbocycles. The summed E-state index contributed by atoms with van der Waals surface area (Å²) in [5.41, 5.74) is 2.68. The zero-order valence-corrected chi connectivity index (χ0v) is 14.6. The molecule has 1 aromatic heterocycles. The van der Waals surface area contributed by atoms with Gasteiger partial charge in [-0.05, 0) is 31.2 Å². The highest BCUT2D eigenvalue weighted by Gasteiger charge is 2.11. The molecule has 0 radical (unpaired) electrons. The summed E-state index contributed by atoms with van der Waals surface area (Å²) in [6.45, 7) is 1.47. The lowest BCUT2D eigenvalue weighted by Gasteiger charge is -2.08. The van der Waals surface area contributed by atoms with Crippen molar-refractivity contribution >= 4 is 40.2 Å². The Morgan fingerprint density at radius 2 is 2.04 bits per heavy atom. The highest BCUT2D eigenvalue weighted by molar-refractivity contribution is 7.99. The van der Waals surface area contributed by atoms with E-state index in [0.717, 1.165) is 16.8 Å². The number of rotatable bonds is 6. The molecule has 3 aromatic rings. The van der Waals surface area contributed by atoms with Gasteiger partial charge in [0.15, 0.2) is 10.9 Å². The van der Waals surface area contributed by atoms with Crippen molar-refractivity contribution in [1.29, 1.82) is 0 Å². The maximum Gasteiger partial charge on any atom is 0.234 e. The van der Waals surface area contributed by atoms with E-state index >= 15 is 0 Å². The zero-order valence-electron chi connectivity index (χ0n) is 13.8. The molecule has 0 saturated carbocycles. The highest BCUT2D eigenvalue weighted by Crippen LogP contribution is 2.23. The maximum absolute atomic E-state index is 12.2. The third kappa shape index (κ3) is 4.00. The first-order valence-corrected chi connectivity index (χ1v) is 8.62. The first-order chi connectivity index (χ1) is 12.1. The molecule has 0 aliphatic heterocycles. The number of carbonyl (C=O) groups is 2. The molecule has 0 bridgehead atoms. The normalized spacial score (nSPS) is 10.6. The molecule has 0 unspecified atom stereocenters. The summed E-state index contributed by atoms with van der Waals surface area (Å²) in [4.78, 5) is 31.4. The standard InChI is InChI=1S/C18H17N3O3S/c1-11(22)13-5-3-4-6-14(13)19-17(23)10-25-18-20-15-8-7-12(24-2)9-16(15)21-18/h3-9H,10H2,1-2H3,(H,19,23)(H,20,21). The van der Waals surface area contributed by atoms with E-state index in [1.54, 1.807) is 31.4 Å². The van der Waals surface area contributed by atoms with Crippen LogP contribution < -0.4 is 10.1 Å². The van der Waals surface area contributed by atoms with Crippen LogP contribution in [-0.4, -0.2) is 34.5 Å². The molecule has 128 valence electrons. The van der Waals surface area contributed by atoms with Gasteiger partial charge >= 0.3 is 0 Å². The molecule has 6 nitrogen and oxygen atoms in total. The molecule has 0 aliphatic rings. The fourth-order valence-corrected chi connectivity index (χ4v) is 3.06. The molecule has 2 N–H and O–H groups in total. The van der Waals surface area contributed by atoms with Gasteiger partial charge in [-0.15, -0.1) is 0 Å². The number of hydrogen-bond acceptors (Lipinski definition) is 5. The minimum atomic E-state index is -0.197. The van der Waals surface area contributed by atoms with Gasteiger partial charge in [0.05, 0.1) is 29.6 Å². The van der Waals surface area contributed by atoms with Crippen molar-refractivity contribution in [2.45, 2.75) is 12.1 Å². The van der Waals surface area contributed by atoms with Crippen molar-refractivity contribution in [2.75, 3.05) is 18.2 Å². The van der Waals surface area contributed by atoms with E-state index in [0.29, 0.717) is 16.4 Å². The smallest absolute Gasteiger partial charge is 0.234 e. The third-order valence-electron chi connectivity index (χ3n) is 3.59. The van der Waals surface area contributed by atoms with E-state index in [1.807, 2.05) is 18.2 Å². The molecule has 0 saturated heterocycles. The van der Waals surface area contributed by atoms with Crippen LogP contribution >= 0.6 is 11.8 Å². The summed E-state index contributed by atoms with van der Waals surface area (Å²) in [7, 11) is 1.61. The van der Waals surface area contributed by atoms with E-state index in [1.165, 1.54) is 18.7 Å². The van der Waals surface area contributed by atoms with Crippen LogP contribution in [0.3, 0.4) is 0 Å². The first-order valence-electron chi connectivity index (χ1n) is 7.63. The van der Waals surface area contributed by atoms with Crippen LogP contribution in [0.1, 0.15) is 17.3 Å². The van der Waals surface area contributed by atoms with Crippen molar-refractivity contribution in [3.8, 4) is 5.75 Å². The van der Waals surface area contributed by atoms with E-state index < -0.39 is 0 Å². The number of Topliss-reactive ketones (excluding diaryl/α,β-unsaturated/α-hetero) is 1. The summed E-state index contributed by atoms with van der Waals surface area (Å²) in [5, 5.41) is 3.42. The number of aromatic amines is 1. The fraction of sp³-hybridized carbons (Fsp3) is 0.167. The number of hydrogen-bond donors (Lipinski definition) is 2. The van der Waals surface area contributed by atoms with Crippen LogP contribution in [0.2, 0.25) is 0 Å². The van der Waals surface area contributed by atoms with Gasteiger partial charge in [-0.25, -0.2) is 4.98 Å². The average molecular weight is 355 g/mol. The number of fused-ring (bicyclic) bond motifs is 1. The number of aromatic nitrogens is 2. The molecule has 3 rings (SSSR count).